The predicted octanol–water partition coefficient (Wildman–Crippen LogP) is 3.42. The molecule has 0 saturated heterocycles. The van der Waals surface area contributed by atoms with Crippen LogP contribution in [0.25, 0.3) is 0 Å². The Hall–Kier alpha value is -2.32. The molecule has 1 heterocycles. The van der Waals surface area contributed by atoms with Crippen LogP contribution in [-0.4, -0.2) is 24.9 Å². The summed E-state index contributed by atoms with van der Waals surface area (Å²) in [6.45, 7) is 0.574. The smallest absolute Gasteiger partial charge is 0.205 e. The molecule has 0 saturated carbocycles. The zero-order chi connectivity index (χ0) is 18.6. The number of rotatable bonds is 7. The van der Waals surface area contributed by atoms with E-state index in [0.29, 0.717) is 18.1 Å². The van der Waals surface area contributed by atoms with Gasteiger partial charge in [0.05, 0.1) is 5.75 Å². The number of nitrogens with one attached hydrogen (secondary N) is 1. The van der Waals surface area contributed by atoms with Crippen molar-refractivity contribution in [1.82, 2.24) is 10.2 Å². The number of benzene rings is 2. The number of nitrogens with zero attached hydrogens (tertiary/aromatic N) is 2. The topological polar surface area (TPSA) is 72.0 Å². The molecule has 0 aliphatic carbocycles. The zero-order valence-corrected chi connectivity index (χ0v) is 15.8. The van der Waals surface area contributed by atoms with Crippen LogP contribution in [0.3, 0.4) is 0 Å². The molecule has 8 heteroatoms. The van der Waals surface area contributed by atoms with Crippen molar-refractivity contribution < 1.29 is 12.8 Å². The summed E-state index contributed by atoms with van der Waals surface area (Å²) in [5.74, 6) is -0.208. The van der Waals surface area contributed by atoms with E-state index < -0.39 is 9.84 Å². The second-order valence-corrected chi connectivity index (χ2v) is 9.25. The summed E-state index contributed by atoms with van der Waals surface area (Å²) in [5, 5.41) is 13.0. The van der Waals surface area contributed by atoms with Crippen LogP contribution in [0.4, 0.5) is 9.52 Å². The van der Waals surface area contributed by atoms with Gasteiger partial charge in [0.1, 0.15) is 10.8 Å². The Morgan fingerprint density at radius 3 is 2.23 bits per heavy atom. The minimum absolute atomic E-state index is 0.0455. The fourth-order valence-corrected chi connectivity index (χ4v) is 3.97. The second kappa shape index (κ2) is 7.92. The maximum absolute atomic E-state index is 12.9. The van der Waals surface area contributed by atoms with Crippen LogP contribution in [0.5, 0.6) is 0 Å². The van der Waals surface area contributed by atoms with E-state index in [2.05, 4.69) is 15.5 Å². The highest BCUT2D eigenvalue weighted by Gasteiger charge is 2.07. The highest BCUT2D eigenvalue weighted by molar-refractivity contribution is 7.89. The van der Waals surface area contributed by atoms with Gasteiger partial charge >= 0.3 is 0 Å². The summed E-state index contributed by atoms with van der Waals surface area (Å²) < 4.78 is 35.5. The first kappa shape index (κ1) is 18.5. The van der Waals surface area contributed by atoms with Gasteiger partial charge in [-0.25, -0.2) is 12.8 Å². The Morgan fingerprint density at radius 1 is 0.962 bits per heavy atom. The summed E-state index contributed by atoms with van der Waals surface area (Å²) in [6, 6.07) is 13.8. The average molecular weight is 391 g/mol. The van der Waals surface area contributed by atoms with Crippen molar-refractivity contribution in [2.24, 2.45) is 0 Å². The van der Waals surface area contributed by atoms with Crippen LogP contribution < -0.4 is 5.32 Å². The summed E-state index contributed by atoms with van der Waals surface area (Å²) >= 11 is 1.46. The van der Waals surface area contributed by atoms with E-state index in [1.165, 1.54) is 29.7 Å². The summed E-state index contributed by atoms with van der Waals surface area (Å²) in [7, 11) is -3.02. The molecule has 0 bridgehead atoms. The fourth-order valence-electron chi connectivity index (χ4n) is 2.41. The summed E-state index contributed by atoms with van der Waals surface area (Å²) in [4.78, 5) is 0. The quantitative estimate of drug-likeness (QED) is 0.668. The van der Waals surface area contributed by atoms with Crippen molar-refractivity contribution in [1.29, 1.82) is 0 Å². The predicted molar refractivity (Wildman–Crippen MR) is 101 cm³/mol. The minimum atomic E-state index is -3.02. The van der Waals surface area contributed by atoms with E-state index in [-0.39, 0.29) is 11.6 Å². The number of hydrogen-bond acceptors (Lipinski definition) is 6. The molecule has 1 aromatic heterocycles. The Bertz CT molecular complexity index is 968. The largest absolute Gasteiger partial charge is 0.356 e. The van der Waals surface area contributed by atoms with Gasteiger partial charge < -0.3 is 5.32 Å². The number of halogens is 1. The van der Waals surface area contributed by atoms with Gasteiger partial charge in [-0.1, -0.05) is 47.7 Å². The molecule has 3 aromatic rings. The van der Waals surface area contributed by atoms with Crippen molar-refractivity contribution in [3.63, 3.8) is 0 Å². The average Bonchev–Trinajstić information content (AvgIpc) is 3.02. The van der Waals surface area contributed by atoms with E-state index in [0.717, 1.165) is 21.7 Å². The first-order valence-corrected chi connectivity index (χ1v) is 10.8. The van der Waals surface area contributed by atoms with Crippen LogP contribution >= 0.6 is 11.3 Å². The molecule has 5 nitrogen and oxygen atoms in total. The lowest BCUT2D eigenvalue weighted by Crippen LogP contribution is -2.02. The number of sulfone groups is 1. The van der Waals surface area contributed by atoms with E-state index in [9.17, 15) is 12.8 Å². The Labute approximate surface area is 155 Å². The van der Waals surface area contributed by atoms with Crippen molar-refractivity contribution >= 4 is 26.3 Å². The normalized spacial score (nSPS) is 11.5. The van der Waals surface area contributed by atoms with Crippen molar-refractivity contribution in [3.05, 3.63) is 76.0 Å². The van der Waals surface area contributed by atoms with Crippen molar-refractivity contribution in [3.8, 4) is 0 Å². The minimum Gasteiger partial charge on any atom is -0.356 e. The molecule has 0 radical (unpaired) electrons. The van der Waals surface area contributed by atoms with Gasteiger partial charge in [0, 0.05) is 19.2 Å². The molecule has 2 aromatic carbocycles. The lowest BCUT2D eigenvalue weighted by Gasteiger charge is -2.04. The zero-order valence-electron chi connectivity index (χ0n) is 14.1. The van der Waals surface area contributed by atoms with Gasteiger partial charge in [-0.15, -0.1) is 10.2 Å². The third-order valence-electron chi connectivity index (χ3n) is 3.63. The second-order valence-electron chi connectivity index (χ2n) is 6.04. The van der Waals surface area contributed by atoms with E-state index >= 15 is 0 Å². The number of hydrogen-bond donors (Lipinski definition) is 1. The molecule has 26 heavy (non-hydrogen) atoms. The monoisotopic (exact) mass is 391 g/mol. The Kier molecular flexibility index (Phi) is 5.63. The molecular weight excluding hydrogens is 373 g/mol. The molecule has 0 aliphatic rings. The first-order valence-electron chi connectivity index (χ1n) is 7.94. The van der Waals surface area contributed by atoms with Crippen LogP contribution in [0.15, 0.2) is 48.5 Å². The number of anilines is 1. The Morgan fingerprint density at radius 2 is 1.58 bits per heavy atom. The molecule has 3 rings (SSSR count). The molecule has 0 unspecified atom stereocenters. The lowest BCUT2D eigenvalue weighted by atomic mass is 10.1. The number of aromatic nitrogens is 2. The molecule has 1 N–H and O–H groups in total. The van der Waals surface area contributed by atoms with Gasteiger partial charge in [0.25, 0.3) is 0 Å². The van der Waals surface area contributed by atoms with E-state index in [1.54, 1.807) is 12.1 Å². The maximum atomic E-state index is 12.9. The SMILES string of the molecule is CS(=O)(=O)Cc1ccc(CNc2nnc(Cc3ccc(F)cc3)s2)cc1. The fraction of sp³-hybridized carbons (Fsp3) is 0.222. The summed E-state index contributed by atoms with van der Waals surface area (Å²) in [6.07, 6.45) is 1.83. The van der Waals surface area contributed by atoms with Crippen LogP contribution in [0.2, 0.25) is 0 Å². The van der Waals surface area contributed by atoms with E-state index in [1.807, 2.05) is 24.3 Å². The molecule has 0 fully saturated rings. The molecular formula is C18H18FN3O2S2. The van der Waals surface area contributed by atoms with Crippen molar-refractivity contribution in [2.45, 2.75) is 18.7 Å². The van der Waals surface area contributed by atoms with Crippen LogP contribution in [0, 0.1) is 5.82 Å². The highest BCUT2D eigenvalue weighted by atomic mass is 32.2. The van der Waals surface area contributed by atoms with Gasteiger partial charge in [0.15, 0.2) is 9.84 Å². The lowest BCUT2D eigenvalue weighted by molar-refractivity contribution is 0.601. The molecule has 136 valence electrons. The standard InChI is InChI=1S/C18H18FN3O2S2/c1-26(23,24)12-15-4-2-14(3-5-15)11-20-18-22-21-17(25-18)10-13-6-8-16(19)9-7-13/h2-9H,10-12H2,1H3,(H,20,22). The van der Waals surface area contributed by atoms with Crippen LogP contribution in [0.1, 0.15) is 21.7 Å². The first-order chi connectivity index (χ1) is 12.4. The van der Waals surface area contributed by atoms with Crippen LogP contribution in [-0.2, 0) is 28.6 Å². The van der Waals surface area contributed by atoms with Gasteiger partial charge in [-0.05, 0) is 28.8 Å². The third-order valence-corrected chi connectivity index (χ3v) is 5.37. The van der Waals surface area contributed by atoms with Gasteiger partial charge in [-0.3, -0.25) is 0 Å². The third kappa shape index (κ3) is 5.60. The Balaban J connectivity index is 1.55. The molecule has 0 aliphatic heterocycles. The molecule has 0 amide bonds. The summed E-state index contributed by atoms with van der Waals surface area (Å²) in [5.41, 5.74) is 2.78. The molecule has 0 atom stereocenters. The maximum Gasteiger partial charge on any atom is 0.205 e. The van der Waals surface area contributed by atoms with E-state index in [4.69, 9.17) is 0 Å². The van der Waals surface area contributed by atoms with Crippen molar-refractivity contribution in [2.75, 3.05) is 11.6 Å². The highest BCUT2D eigenvalue weighted by Crippen LogP contribution is 2.19. The van der Waals surface area contributed by atoms with Gasteiger partial charge in [-0.2, -0.15) is 0 Å². The molecule has 0 spiro atoms. The van der Waals surface area contributed by atoms with Gasteiger partial charge in [0.2, 0.25) is 5.13 Å².